The monoisotopic (exact) mass is 146 g/mol. The van der Waals surface area contributed by atoms with Crippen LogP contribution in [0.5, 0.6) is 0 Å². The molecule has 4 nitrogen and oxygen atoms in total. The Kier molecular flexibility index (Phi) is 4.74. The summed E-state index contributed by atoms with van der Waals surface area (Å²) in [6.07, 6.45) is 0.379. The maximum Gasteiger partial charge on any atom is 0.152 e. The second kappa shape index (κ2) is 5.10. The Bertz CT molecular complexity index is 121. The van der Waals surface area contributed by atoms with Gasteiger partial charge in [0.05, 0.1) is 12.7 Å². The summed E-state index contributed by atoms with van der Waals surface area (Å²) in [6.45, 7) is -0.415. The standard InChI is InChI=1S/C6H10O4/c7-3-5(9)1-2-6(10)4-8/h1-3,5-6,8-10H,4H2/t5-,6+/m1/s1. The van der Waals surface area contributed by atoms with E-state index in [2.05, 4.69) is 0 Å². The Morgan fingerprint density at radius 1 is 1.30 bits per heavy atom. The molecule has 0 aliphatic carbocycles. The molecule has 10 heavy (non-hydrogen) atoms. The van der Waals surface area contributed by atoms with Crippen molar-refractivity contribution in [3.63, 3.8) is 0 Å². The van der Waals surface area contributed by atoms with Gasteiger partial charge in [0.15, 0.2) is 6.29 Å². The van der Waals surface area contributed by atoms with Crippen LogP contribution in [0, 0.1) is 0 Å². The summed E-state index contributed by atoms with van der Waals surface area (Å²) in [6, 6.07) is 0. The third-order valence-corrected chi connectivity index (χ3v) is 0.857. The first kappa shape index (κ1) is 9.29. The fraction of sp³-hybridized carbons (Fsp3) is 0.500. The average Bonchev–Trinajstić information content (AvgIpc) is 1.99. The normalized spacial score (nSPS) is 17.1. The molecule has 0 saturated heterocycles. The van der Waals surface area contributed by atoms with Gasteiger partial charge in [0.25, 0.3) is 0 Å². The summed E-state index contributed by atoms with van der Waals surface area (Å²) in [5, 5.41) is 25.4. The van der Waals surface area contributed by atoms with Gasteiger partial charge in [-0.15, -0.1) is 0 Å². The molecule has 0 bridgehead atoms. The molecule has 0 amide bonds. The van der Waals surface area contributed by atoms with Crippen molar-refractivity contribution in [1.29, 1.82) is 0 Å². The number of carbonyl (C=O) groups excluding carboxylic acids is 1. The van der Waals surface area contributed by atoms with Gasteiger partial charge in [-0.1, -0.05) is 12.2 Å². The highest BCUT2D eigenvalue weighted by Crippen LogP contribution is 1.86. The lowest BCUT2D eigenvalue weighted by atomic mass is 10.3. The molecule has 0 aliphatic rings. The Morgan fingerprint density at radius 2 is 1.90 bits per heavy atom. The first-order valence-electron chi connectivity index (χ1n) is 2.81. The molecule has 0 saturated carbocycles. The molecule has 4 heteroatoms. The molecule has 2 atom stereocenters. The zero-order valence-corrected chi connectivity index (χ0v) is 5.34. The van der Waals surface area contributed by atoms with Gasteiger partial charge in [-0.25, -0.2) is 0 Å². The van der Waals surface area contributed by atoms with E-state index < -0.39 is 18.8 Å². The molecule has 0 radical (unpaired) electrons. The van der Waals surface area contributed by atoms with Crippen molar-refractivity contribution in [2.24, 2.45) is 0 Å². The van der Waals surface area contributed by atoms with E-state index >= 15 is 0 Å². The van der Waals surface area contributed by atoms with E-state index in [1.54, 1.807) is 0 Å². The second-order valence-electron chi connectivity index (χ2n) is 1.76. The van der Waals surface area contributed by atoms with E-state index in [0.717, 1.165) is 12.2 Å². The number of hydrogen-bond donors (Lipinski definition) is 3. The number of aldehydes is 1. The number of aliphatic hydroxyl groups is 3. The van der Waals surface area contributed by atoms with Crippen molar-refractivity contribution >= 4 is 6.29 Å². The Balaban J connectivity index is 3.62. The lowest BCUT2D eigenvalue weighted by Crippen LogP contribution is -2.10. The van der Waals surface area contributed by atoms with Crippen LogP contribution in [0.1, 0.15) is 0 Å². The van der Waals surface area contributed by atoms with Crippen molar-refractivity contribution in [3.8, 4) is 0 Å². The molecule has 0 aromatic heterocycles. The first-order valence-corrected chi connectivity index (χ1v) is 2.81. The van der Waals surface area contributed by atoms with Gasteiger partial charge >= 0.3 is 0 Å². The van der Waals surface area contributed by atoms with Gasteiger partial charge in [-0.05, 0) is 0 Å². The van der Waals surface area contributed by atoms with E-state index in [9.17, 15) is 4.79 Å². The molecule has 0 heterocycles. The van der Waals surface area contributed by atoms with Gasteiger partial charge in [0.2, 0.25) is 0 Å². The SMILES string of the molecule is O=C[C@H](O)C=C[C@H](O)CO. The van der Waals surface area contributed by atoms with Crippen molar-refractivity contribution in [3.05, 3.63) is 12.2 Å². The van der Waals surface area contributed by atoms with Crippen LogP contribution in [0.15, 0.2) is 12.2 Å². The van der Waals surface area contributed by atoms with Crippen LogP contribution in [0.2, 0.25) is 0 Å². The molecule has 0 unspecified atom stereocenters. The smallest absolute Gasteiger partial charge is 0.152 e. The maximum atomic E-state index is 9.76. The van der Waals surface area contributed by atoms with E-state index in [1.165, 1.54) is 0 Å². The largest absolute Gasteiger partial charge is 0.393 e. The van der Waals surface area contributed by atoms with Crippen LogP contribution >= 0.6 is 0 Å². The van der Waals surface area contributed by atoms with Crippen molar-refractivity contribution in [2.45, 2.75) is 12.2 Å². The molecule has 0 spiro atoms. The highest BCUT2D eigenvalue weighted by atomic mass is 16.3. The maximum absolute atomic E-state index is 9.76. The van der Waals surface area contributed by atoms with Gasteiger partial charge in [0.1, 0.15) is 6.10 Å². The summed E-state index contributed by atoms with van der Waals surface area (Å²) < 4.78 is 0. The quantitative estimate of drug-likeness (QED) is 0.331. The molecule has 58 valence electrons. The minimum absolute atomic E-state index is 0.320. The Hall–Kier alpha value is -0.710. The molecule has 0 aromatic carbocycles. The Morgan fingerprint density at radius 3 is 2.30 bits per heavy atom. The van der Waals surface area contributed by atoms with Crippen LogP contribution in [-0.4, -0.2) is 40.4 Å². The number of carbonyl (C=O) groups is 1. The minimum atomic E-state index is -1.19. The molecule has 0 fully saturated rings. The Labute approximate surface area is 58.4 Å². The third-order valence-electron chi connectivity index (χ3n) is 0.857. The van der Waals surface area contributed by atoms with Crippen LogP contribution in [0.3, 0.4) is 0 Å². The summed E-state index contributed by atoms with van der Waals surface area (Å²) in [5.74, 6) is 0. The summed E-state index contributed by atoms with van der Waals surface area (Å²) >= 11 is 0. The van der Waals surface area contributed by atoms with Gasteiger partial charge in [-0.3, -0.25) is 0 Å². The highest BCUT2D eigenvalue weighted by molar-refractivity contribution is 5.58. The fourth-order valence-corrected chi connectivity index (χ4v) is 0.348. The lowest BCUT2D eigenvalue weighted by molar-refractivity contribution is -0.112. The molecule has 0 rings (SSSR count). The lowest BCUT2D eigenvalue weighted by Gasteiger charge is -1.98. The molecule has 3 N–H and O–H groups in total. The summed E-state index contributed by atoms with van der Waals surface area (Å²) in [5.41, 5.74) is 0. The fourth-order valence-electron chi connectivity index (χ4n) is 0.348. The molecular formula is C6H10O4. The van der Waals surface area contributed by atoms with Gasteiger partial charge < -0.3 is 20.1 Å². The van der Waals surface area contributed by atoms with E-state index in [4.69, 9.17) is 15.3 Å². The number of aliphatic hydroxyl groups excluding tert-OH is 3. The van der Waals surface area contributed by atoms with Crippen LogP contribution < -0.4 is 0 Å². The van der Waals surface area contributed by atoms with Crippen LogP contribution in [0.4, 0.5) is 0 Å². The van der Waals surface area contributed by atoms with Gasteiger partial charge in [0, 0.05) is 0 Å². The summed E-state index contributed by atoms with van der Waals surface area (Å²) in [7, 11) is 0. The number of hydrogen-bond acceptors (Lipinski definition) is 4. The van der Waals surface area contributed by atoms with E-state index in [0.29, 0.717) is 6.29 Å². The highest BCUT2D eigenvalue weighted by Gasteiger charge is 1.97. The van der Waals surface area contributed by atoms with Crippen molar-refractivity contribution in [2.75, 3.05) is 6.61 Å². The minimum Gasteiger partial charge on any atom is -0.393 e. The van der Waals surface area contributed by atoms with Crippen molar-refractivity contribution < 1.29 is 20.1 Å². The van der Waals surface area contributed by atoms with E-state index in [-0.39, 0.29) is 0 Å². The predicted octanol–water partition coefficient (Wildman–Crippen LogP) is -1.54. The average molecular weight is 146 g/mol. The molecular weight excluding hydrogens is 136 g/mol. The predicted molar refractivity (Wildman–Crippen MR) is 34.3 cm³/mol. The zero-order valence-electron chi connectivity index (χ0n) is 5.34. The van der Waals surface area contributed by atoms with Crippen LogP contribution in [-0.2, 0) is 4.79 Å². The first-order chi connectivity index (χ1) is 4.70. The number of rotatable bonds is 4. The summed E-state index contributed by atoms with van der Waals surface area (Å²) in [4.78, 5) is 9.76. The molecule has 0 aliphatic heterocycles. The topological polar surface area (TPSA) is 77.8 Å². The van der Waals surface area contributed by atoms with Crippen molar-refractivity contribution in [1.82, 2.24) is 0 Å². The van der Waals surface area contributed by atoms with E-state index in [1.807, 2.05) is 0 Å². The third kappa shape index (κ3) is 4.20. The van der Waals surface area contributed by atoms with Crippen LogP contribution in [0.25, 0.3) is 0 Å². The van der Waals surface area contributed by atoms with Gasteiger partial charge in [-0.2, -0.15) is 0 Å². The molecule has 0 aromatic rings. The zero-order chi connectivity index (χ0) is 7.98. The second-order valence-corrected chi connectivity index (χ2v) is 1.76.